The van der Waals surface area contributed by atoms with E-state index < -0.39 is 0 Å². The Morgan fingerprint density at radius 3 is 2.33 bits per heavy atom. The molecule has 1 heteroatoms. The molecule has 0 aliphatic heterocycles. The quantitative estimate of drug-likeness (QED) is 0.826. The highest BCUT2D eigenvalue weighted by Crippen LogP contribution is 2.62. The van der Waals surface area contributed by atoms with Crippen molar-refractivity contribution in [3.05, 3.63) is 35.4 Å². The van der Waals surface area contributed by atoms with Gasteiger partial charge in [-0.1, -0.05) is 44.5 Å². The molecule has 2 fully saturated rings. The van der Waals surface area contributed by atoms with E-state index >= 15 is 0 Å². The maximum absolute atomic E-state index is 3.73. The van der Waals surface area contributed by atoms with Crippen LogP contribution in [-0.2, 0) is 6.42 Å². The molecule has 2 saturated carbocycles. The largest absolute Gasteiger partial charge is 0.310 e. The number of rotatable bonds is 5. The van der Waals surface area contributed by atoms with Gasteiger partial charge >= 0.3 is 0 Å². The predicted molar refractivity (Wildman–Crippen MR) is 76.6 cm³/mol. The average molecular weight is 243 g/mol. The SMILES string of the molecule is CCNC(c1ccc(CC)cc1)C1C2CCCC21. The van der Waals surface area contributed by atoms with Crippen LogP contribution < -0.4 is 5.32 Å². The highest BCUT2D eigenvalue weighted by Gasteiger charge is 2.55. The van der Waals surface area contributed by atoms with Gasteiger partial charge in [-0.3, -0.25) is 0 Å². The van der Waals surface area contributed by atoms with Crippen molar-refractivity contribution in [1.29, 1.82) is 0 Å². The fraction of sp³-hybridized carbons (Fsp3) is 0.647. The van der Waals surface area contributed by atoms with Crippen LogP contribution in [0.15, 0.2) is 24.3 Å². The second kappa shape index (κ2) is 5.05. The van der Waals surface area contributed by atoms with E-state index in [4.69, 9.17) is 0 Å². The molecule has 0 aromatic heterocycles. The van der Waals surface area contributed by atoms with Gasteiger partial charge in [0.05, 0.1) is 0 Å². The lowest BCUT2D eigenvalue weighted by molar-refractivity contribution is 0.426. The first-order valence-electron chi connectivity index (χ1n) is 7.67. The van der Waals surface area contributed by atoms with E-state index in [1.165, 1.54) is 30.4 Å². The van der Waals surface area contributed by atoms with Crippen molar-refractivity contribution < 1.29 is 0 Å². The number of hydrogen-bond donors (Lipinski definition) is 1. The molecule has 1 aromatic carbocycles. The lowest BCUT2D eigenvalue weighted by Crippen LogP contribution is -2.24. The van der Waals surface area contributed by atoms with Crippen LogP contribution in [0.2, 0.25) is 0 Å². The summed E-state index contributed by atoms with van der Waals surface area (Å²) in [6.45, 7) is 5.53. The van der Waals surface area contributed by atoms with E-state index in [2.05, 4.69) is 43.4 Å². The Morgan fingerprint density at radius 1 is 1.11 bits per heavy atom. The summed E-state index contributed by atoms with van der Waals surface area (Å²) >= 11 is 0. The highest BCUT2D eigenvalue weighted by molar-refractivity contribution is 5.28. The maximum atomic E-state index is 3.73. The van der Waals surface area contributed by atoms with E-state index in [9.17, 15) is 0 Å². The summed E-state index contributed by atoms with van der Waals surface area (Å²) in [6.07, 6.45) is 5.56. The molecule has 1 N–H and O–H groups in total. The summed E-state index contributed by atoms with van der Waals surface area (Å²) in [7, 11) is 0. The molecule has 0 radical (unpaired) electrons. The van der Waals surface area contributed by atoms with Crippen molar-refractivity contribution in [2.24, 2.45) is 17.8 Å². The molecular formula is C17H25N. The van der Waals surface area contributed by atoms with Crippen LogP contribution in [0.1, 0.15) is 50.3 Å². The minimum Gasteiger partial charge on any atom is -0.310 e. The van der Waals surface area contributed by atoms with Gasteiger partial charge in [0.25, 0.3) is 0 Å². The average Bonchev–Trinajstić information content (AvgIpc) is 2.87. The normalized spacial score (nSPS) is 31.1. The van der Waals surface area contributed by atoms with Crippen LogP contribution >= 0.6 is 0 Å². The maximum Gasteiger partial charge on any atom is 0.0354 e. The van der Waals surface area contributed by atoms with Crippen molar-refractivity contribution >= 4 is 0 Å². The Morgan fingerprint density at radius 2 is 1.78 bits per heavy atom. The van der Waals surface area contributed by atoms with Gasteiger partial charge in [0.15, 0.2) is 0 Å². The third-order valence-electron chi connectivity index (χ3n) is 5.03. The van der Waals surface area contributed by atoms with Crippen molar-refractivity contribution in [3.8, 4) is 0 Å². The predicted octanol–water partition coefficient (Wildman–Crippen LogP) is 3.95. The smallest absolute Gasteiger partial charge is 0.0354 e. The number of aryl methyl sites for hydroxylation is 1. The molecule has 0 saturated heterocycles. The van der Waals surface area contributed by atoms with Crippen LogP contribution in [0.25, 0.3) is 0 Å². The summed E-state index contributed by atoms with van der Waals surface area (Å²) < 4.78 is 0. The second-order valence-electron chi connectivity index (χ2n) is 5.97. The zero-order valence-corrected chi connectivity index (χ0v) is 11.7. The third kappa shape index (κ3) is 2.09. The molecule has 0 amide bonds. The minimum atomic E-state index is 0.608. The van der Waals surface area contributed by atoms with E-state index in [0.717, 1.165) is 30.7 Å². The standard InChI is InChI=1S/C17H25N/c1-3-12-8-10-13(11-9-12)17(18-4-2)16-14-6-5-7-15(14)16/h8-11,14-18H,3-7H2,1-2H3. The molecule has 1 nitrogen and oxygen atoms in total. The summed E-state index contributed by atoms with van der Waals surface area (Å²) in [6, 6.07) is 9.91. The van der Waals surface area contributed by atoms with Crippen LogP contribution in [0.4, 0.5) is 0 Å². The molecule has 0 heterocycles. The van der Waals surface area contributed by atoms with Crippen molar-refractivity contribution in [1.82, 2.24) is 5.32 Å². The molecule has 3 atom stereocenters. The Bertz CT molecular complexity index is 385. The van der Waals surface area contributed by atoms with E-state index in [0.29, 0.717) is 6.04 Å². The van der Waals surface area contributed by atoms with Gasteiger partial charge in [-0.2, -0.15) is 0 Å². The molecule has 0 spiro atoms. The van der Waals surface area contributed by atoms with Crippen LogP contribution in [0.5, 0.6) is 0 Å². The summed E-state index contributed by atoms with van der Waals surface area (Å²) in [5.74, 6) is 2.98. The molecule has 0 bridgehead atoms. The molecular weight excluding hydrogens is 218 g/mol. The fourth-order valence-electron chi connectivity index (χ4n) is 4.03. The lowest BCUT2D eigenvalue weighted by Gasteiger charge is -2.20. The van der Waals surface area contributed by atoms with Gasteiger partial charge in [0, 0.05) is 6.04 Å². The zero-order valence-electron chi connectivity index (χ0n) is 11.7. The summed E-state index contributed by atoms with van der Waals surface area (Å²) in [5, 5.41) is 3.73. The van der Waals surface area contributed by atoms with E-state index in [-0.39, 0.29) is 0 Å². The molecule has 2 aliphatic carbocycles. The van der Waals surface area contributed by atoms with Crippen LogP contribution in [0, 0.1) is 17.8 Å². The first-order chi connectivity index (χ1) is 8.85. The topological polar surface area (TPSA) is 12.0 Å². The van der Waals surface area contributed by atoms with Gasteiger partial charge < -0.3 is 5.32 Å². The van der Waals surface area contributed by atoms with Crippen molar-refractivity contribution in [2.45, 2.75) is 45.6 Å². The molecule has 18 heavy (non-hydrogen) atoms. The van der Waals surface area contributed by atoms with E-state index in [1.54, 1.807) is 0 Å². The highest BCUT2D eigenvalue weighted by atomic mass is 14.9. The van der Waals surface area contributed by atoms with Gasteiger partial charge in [0.2, 0.25) is 0 Å². The van der Waals surface area contributed by atoms with Gasteiger partial charge in [-0.05, 0) is 54.7 Å². The molecule has 3 rings (SSSR count). The second-order valence-corrected chi connectivity index (χ2v) is 5.97. The monoisotopic (exact) mass is 243 g/mol. The molecule has 2 aliphatic rings. The molecule has 3 unspecified atom stereocenters. The molecule has 98 valence electrons. The van der Waals surface area contributed by atoms with Gasteiger partial charge in [-0.25, -0.2) is 0 Å². The Labute approximate surface area is 111 Å². The minimum absolute atomic E-state index is 0.608. The number of hydrogen-bond acceptors (Lipinski definition) is 1. The Balaban J connectivity index is 1.76. The van der Waals surface area contributed by atoms with Crippen molar-refractivity contribution in [2.75, 3.05) is 6.54 Å². The third-order valence-corrected chi connectivity index (χ3v) is 5.03. The summed E-state index contributed by atoms with van der Waals surface area (Å²) in [4.78, 5) is 0. The first-order valence-corrected chi connectivity index (χ1v) is 7.67. The first kappa shape index (κ1) is 12.2. The number of fused-ring (bicyclic) bond motifs is 1. The van der Waals surface area contributed by atoms with Crippen LogP contribution in [0.3, 0.4) is 0 Å². The Hall–Kier alpha value is -0.820. The van der Waals surface area contributed by atoms with Gasteiger partial charge in [0.1, 0.15) is 0 Å². The van der Waals surface area contributed by atoms with E-state index in [1.807, 2.05) is 0 Å². The van der Waals surface area contributed by atoms with Crippen molar-refractivity contribution in [3.63, 3.8) is 0 Å². The Kier molecular flexibility index (Phi) is 3.43. The zero-order chi connectivity index (χ0) is 12.5. The number of nitrogens with one attached hydrogen (secondary N) is 1. The van der Waals surface area contributed by atoms with Gasteiger partial charge in [-0.15, -0.1) is 0 Å². The van der Waals surface area contributed by atoms with Crippen LogP contribution in [-0.4, -0.2) is 6.54 Å². The summed E-state index contributed by atoms with van der Waals surface area (Å²) in [5.41, 5.74) is 2.96. The lowest BCUT2D eigenvalue weighted by atomic mass is 9.95. The fourth-order valence-corrected chi connectivity index (χ4v) is 4.03. The number of benzene rings is 1. The molecule has 1 aromatic rings.